The van der Waals surface area contributed by atoms with Crippen LogP contribution in [0, 0.1) is 11.8 Å². The van der Waals surface area contributed by atoms with Crippen LogP contribution >= 0.6 is 0 Å². The molecule has 0 bridgehead atoms. The van der Waals surface area contributed by atoms with Crippen LogP contribution in [0.25, 0.3) is 0 Å². The number of carboxylic acids is 1. The fraction of sp³-hybridized carbons (Fsp3) is 0.850. The highest BCUT2D eigenvalue weighted by Gasteiger charge is 2.19. The Kier molecular flexibility index (Phi) is 14.6. The molecule has 0 fully saturated rings. The lowest BCUT2D eigenvalue weighted by Gasteiger charge is -2.18. The second-order valence-electron chi connectivity index (χ2n) is 6.56. The molecule has 0 radical (unpaired) electrons. The second kappa shape index (κ2) is 15.1. The van der Waals surface area contributed by atoms with E-state index in [4.69, 9.17) is 5.11 Å². The maximum Gasteiger partial charge on any atom is 0.306 e. The molecule has 0 heterocycles. The van der Waals surface area contributed by atoms with Gasteiger partial charge in [-0.25, -0.2) is 0 Å². The quantitative estimate of drug-likeness (QED) is 0.273. The predicted molar refractivity (Wildman–Crippen MR) is 96.2 cm³/mol. The summed E-state index contributed by atoms with van der Waals surface area (Å²) in [5, 5.41) is 9.15. The van der Waals surface area contributed by atoms with Crippen molar-refractivity contribution in [2.45, 2.75) is 97.8 Å². The zero-order chi connectivity index (χ0) is 16.6. The van der Waals surface area contributed by atoms with Gasteiger partial charge in [-0.15, -0.1) is 0 Å². The first-order valence-corrected chi connectivity index (χ1v) is 9.53. The van der Waals surface area contributed by atoms with E-state index in [0.717, 1.165) is 25.7 Å². The maximum atomic E-state index is 11.1. The van der Waals surface area contributed by atoms with Gasteiger partial charge in [0.05, 0.1) is 5.92 Å². The van der Waals surface area contributed by atoms with Crippen molar-refractivity contribution in [3.8, 4) is 0 Å². The van der Waals surface area contributed by atoms with Gasteiger partial charge in [-0.2, -0.15) is 0 Å². The molecule has 0 amide bonds. The van der Waals surface area contributed by atoms with Crippen molar-refractivity contribution in [1.82, 2.24) is 0 Å². The third kappa shape index (κ3) is 11.8. The fourth-order valence-corrected chi connectivity index (χ4v) is 2.96. The molecule has 130 valence electrons. The molecule has 2 heteroatoms. The molecule has 2 unspecified atom stereocenters. The Hall–Kier alpha value is -0.790. The van der Waals surface area contributed by atoms with Gasteiger partial charge in [0.1, 0.15) is 0 Å². The average molecular weight is 311 g/mol. The van der Waals surface area contributed by atoms with Gasteiger partial charge >= 0.3 is 5.97 Å². The summed E-state index contributed by atoms with van der Waals surface area (Å²) in [6.07, 6.45) is 18.8. The molecule has 1 N–H and O–H groups in total. The van der Waals surface area contributed by atoms with Crippen LogP contribution < -0.4 is 0 Å². The van der Waals surface area contributed by atoms with Crippen LogP contribution in [0.15, 0.2) is 12.2 Å². The van der Waals surface area contributed by atoms with Crippen LogP contribution in [0.3, 0.4) is 0 Å². The average Bonchev–Trinajstić information content (AvgIpc) is 2.51. The summed E-state index contributed by atoms with van der Waals surface area (Å²) in [5.41, 5.74) is 0. The van der Waals surface area contributed by atoms with E-state index in [-0.39, 0.29) is 5.92 Å². The van der Waals surface area contributed by atoms with Crippen molar-refractivity contribution in [2.75, 3.05) is 0 Å². The number of aliphatic carboxylic acids is 1. The topological polar surface area (TPSA) is 37.3 Å². The lowest BCUT2D eigenvalue weighted by molar-refractivity contribution is -0.142. The standard InChI is InChI=1S/C20H38O2/c1-4-7-8-9-10-11-12-13-14-15-16-18(5-2)17-19(6-3)20(21)22/h12-13,18-19H,4-11,14-17H2,1-3H3,(H,21,22). The summed E-state index contributed by atoms with van der Waals surface area (Å²) in [6.45, 7) is 6.42. The number of hydrogen-bond donors (Lipinski definition) is 1. The lowest BCUT2D eigenvalue weighted by atomic mass is 9.87. The van der Waals surface area contributed by atoms with E-state index >= 15 is 0 Å². The van der Waals surface area contributed by atoms with E-state index in [0.29, 0.717) is 5.92 Å². The van der Waals surface area contributed by atoms with Crippen molar-refractivity contribution in [1.29, 1.82) is 0 Å². The second-order valence-corrected chi connectivity index (χ2v) is 6.56. The summed E-state index contributed by atoms with van der Waals surface area (Å²) < 4.78 is 0. The molecule has 0 saturated heterocycles. The van der Waals surface area contributed by atoms with Crippen molar-refractivity contribution >= 4 is 5.97 Å². The summed E-state index contributed by atoms with van der Waals surface area (Å²) in [6, 6.07) is 0. The predicted octanol–water partition coefficient (Wildman–Crippen LogP) is 6.60. The first-order valence-electron chi connectivity index (χ1n) is 9.53. The highest BCUT2D eigenvalue weighted by molar-refractivity contribution is 5.69. The van der Waals surface area contributed by atoms with E-state index in [9.17, 15) is 4.79 Å². The van der Waals surface area contributed by atoms with Gasteiger partial charge in [0.2, 0.25) is 0 Å². The summed E-state index contributed by atoms with van der Waals surface area (Å²) in [7, 11) is 0. The molecular weight excluding hydrogens is 272 g/mol. The highest BCUT2D eigenvalue weighted by Crippen LogP contribution is 2.23. The van der Waals surface area contributed by atoms with Gasteiger partial charge in [-0.1, -0.05) is 71.4 Å². The van der Waals surface area contributed by atoms with Crippen molar-refractivity contribution in [3.05, 3.63) is 12.2 Å². The molecule has 0 saturated carbocycles. The zero-order valence-corrected chi connectivity index (χ0v) is 15.2. The van der Waals surface area contributed by atoms with Crippen LogP contribution in [-0.4, -0.2) is 11.1 Å². The van der Waals surface area contributed by atoms with Crippen LogP contribution in [0.4, 0.5) is 0 Å². The van der Waals surface area contributed by atoms with Crippen molar-refractivity contribution < 1.29 is 9.90 Å². The van der Waals surface area contributed by atoms with Crippen LogP contribution in [0.5, 0.6) is 0 Å². The third-order valence-corrected chi connectivity index (χ3v) is 4.66. The largest absolute Gasteiger partial charge is 0.481 e. The van der Waals surface area contributed by atoms with Gasteiger partial charge in [0, 0.05) is 0 Å². The van der Waals surface area contributed by atoms with Gasteiger partial charge in [-0.3, -0.25) is 4.79 Å². The Balaban J connectivity index is 3.67. The molecular formula is C20H38O2. The van der Waals surface area contributed by atoms with Gasteiger partial charge in [-0.05, 0) is 44.4 Å². The van der Waals surface area contributed by atoms with Crippen LogP contribution in [0.1, 0.15) is 97.8 Å². The van der Waals surface area contributed by atoms with Gasteiger partial charge < -0.3 is 5.11 Å². The van der Waals surface area contributed by atoms with Crippen molar-refractivity contribution in [2.24, 2.45) is 11.8 Å². The molecule has 0 aliphatic carbocycles. The molecule has 0 aromatic heterocycles. The maximum absolute atomic E-state index is 11.1. The number of carboxylic acid groups (broad SMARTS) is 1. The van der Waals surface area contributed by atoms with E-state index in [1.807, 2.05) is 6.92 Å². The SMILES string of the molecule is CCCCCCCC=CCCCC(CC)CC(CC)C(=O)O. The molecule has 0 aromatic carbocycles. The molecule has 0 spiro atoms. The lowest BCUT2D eigenvalue weighted by Crippen LogP contribution is -2.17. The Morgan fingerprint density at radius 1 is 0.909 bits per heavy atom. The number of rotatable bonds is 15. The Bertz CT molecular complexity index is 283. The highest BCUT2D eigenvalue weighted by atomic mass is 16.4. The minimum Gasteiger partial charge on any atom is -0.481 e. The first-order chi connectivity index (χ1) is 10.7. The molecule has 22 heavy (non-hydrogen) atoms. The van der Waals surface area contributed by atoms with E-state index in [1.165, 1.54) is 51.4 Å². The minimum absolute atomic E-state index is 0.149. The molecule has 2 nitrogen and oxygen atoms in total. The summed E-state index contributed by atoms with van der Waals surface area (Å²) in [4.78, 5) is 11.1. The van der Waals surface area contributed by atoms with Crippen LogP contribution in [-0.2, 0) is 4.79 Å². The first kappa shape index (κ1) is 21.2. The number of unbranched alkanes of at least 4 members (excludes halogenated alkanes) is 6. The minimum atomic E-state index is -0.621. The fourth-order valence-electron chi connectivity index (χ4n) is 2.96. The Morgan fingerprint density at radius 3 is 2.09 bits per heavy atom. The van der Waals surface area contributed by atoms with E-state index < -0.39 is 5.97 Å². The van der Waals surface area contributed by atoms with Crippen LogP contribution in [0.2, 0.25) is 0 Å². The van der Waals surface area contributed by atoms with E-state index in [2.05, 4.69) is 26.0 Å². The molecule has 0 aromatic rings. The summed E-state index contributed by atoms with van der Waals surface area (Å²) >= 11 is 0. The van der Waals surface area contributed by atoms with Crippen molar-refractivity contribution in [3.63, 3.8) is 0 Å². The Morgan fingerprint density at radius 2 is 1.55 bits per heavy atom. The monoisotopic (exact) mass is 310 g/mol. The number of allylic oxidation sites excluding steroid dienone is 2. The normalized spacial score (nSPS) is 14.3. The molecule has 0 aliphatic rings. The molecule has 0 rings (SSSR count). The molecule has 0 aliphatic heterocycles. The smallest absolute Gasteiger partial charge is 0.306 e. The molecule has 2 atom stereocenters. The zero-order valence-electron chi connectivity index (χ0n) is 15.2. The summed E-state index contributed by atoms with van der Waals surface area (Å²) in [5.74, 6) is -0.198. The number of hydrogen-bond acceptors (Lipinski definition) is 1. The van der Waals surface area contributed by atoms with Gasteiger partial charge in [0.25, 0.3) is 0 Å². The van der Waals surface area contributed by atoms with Gasteiger partial charge in [0.15, 0.2) is 0 Å². The van der Waals surface area contributed by atoms with E-state index in [1.54, 1.807) is 0 Å². The third-order valence-electron chi connectivity index (χ3n) is 4.66. The Labute approximate surface area is 138 Å². The number of carbonyl (C=O) groups is 1.